The van der Waals surface area contributed by atoms with Crippen molar-refractivity contribution in [1.82, 2.24) is 39.2 Å². The van der Waals surface area contributed by atoms with Crippen LogP contribution in [-0.4, -0.2) is 224 Å². The zero-order valence-corrected chi connectivity index (χ0v) is 58.7. The van der Waals surface area contributed by atoms with Crippen molar-refractivity contribution in [3.63, 3.8) is 0 Å². The number of morpholine rings is 1. The van der Waals surface area contributed by atoms with Crippen molar-refractivity contribution in [3.05, 3.63) is 140 Å². The third kappa shape index (κ3) is 17.1. The quantitative estimate of drug-likeness (QED) is 0.176. The largest absolute Gasteiger partial charge is 0.383 e. The van der Waals surface area contributed by atoms with E-state index in [1.165, 1.54) is 11.1 Å². The van der Waals surface area contributed by atoms with Crippen LogP contribution in [0.1, 0.15) is 84.7 Å². The van der Waals surface area contributed by atoms with Gasteiger partial charge in [-0.05, 0) is 181 Å². The van der Waals surface area contributed by atoms with E-state index in [-0.39, 0.29) is 78.5 Å². The molecule has 0 N–H and O–H groups in total. The number of likely N-dealkylation sites (tertiary alicyclic amines) is 6. The van der Waals surface area contributed by atoms with E-state index < -0.39 is 0 Å². The molecule has 11 aliphatic heterocycles. The number of benzene rings is 4. The fraction of sp³-hybridized carbons (Fsp3) is 0.474. The summed E-state index contributed by atoms with van der Waals surface area (Å²) in [5, 5.41) is 17.8. The molecule has 15 rings (SSSR count). The Morgan fingerprint density at radius 1 is 0.490 bits per heavy atom. The van der Waals surface area contributed by atoms with E-state index in [1.807, 2.05) is 99.3 Å². The number of hydrogen-bond acceptors (Lipinski definition) is 15. The summed E-state index contributed by atoms with van der Waals surface area (Å²) < 4.78 is 10.3. The van der Waals surface area contributed by atoms with Gasteiger partial charge >= 0.3 is 18.1 Å². The molecule has 7 saturated heterocycles. The first-order valence-electron chi connectivity index (χ1n) is 34.5. The number of hydrogen-bond donors (Lipinski definition) is 0. The first-order chi connectivity index (χ1) is 48.7. The molecule has 0 saturated carbocycles. The predicted octanol–water partition coefficient (Wildman–Crippen LogP) is 9.45. The smallest absolute Gasteiger partial charge is 0.323 e. The summed E-state index contributed by atoms with van der Waals surface area (Å²) in [5.41, 5.74) is 8.89. The number of amides is 7. The summed E-state index contributed by atoms with van der Waals surface area (Å²) in [6, 6.07) is 31.0. The molecule has 4 aromatic rings. The number of fused-ring (bicyclic) bond motifs is 4. The number of urea groups is 3. The van der Waals surface area contributed by atoms with Gasteiger partial charge < -0.3 is 53.3 Å². The van der Waals surface area contributed by atoms with Crippen LogP contribution in [0.5, 0.6) is 0 Å². The normalized spacial score (nSPS) is 24.2. The summed E-state index contributed by atoms with van der Waals surface area (Å²) in [7, 11) is 5.47. The van der Waals surface area contributed by atoms with Crippen LogP contribution in [-0.2, 0) is 33.6 Å². The second-order valence-corrected chi connectivity index (χ2v) is 27.3. The third-order valence-electron chi connectivity index (χ3n) is 19.5. The van der Waals surface area contributed by atoms with Crippen molar-refractivity contribution in [1.29, 1.82) is 0 Å². The molecule has 22 nitrogen and oxygen atoms in total. The molecule has 522 valence electrons. The van der Waals surface area contributed by atoms with E-state index in [9.17, 15) is 19.2 Å². The molecule has 7 amide bonds. The molecule has 8 atom stereocenters. The summed E-state index contributed by atoms with van der Waals surface area (Å²) in [4.78, 5) is 87.8. The van der Waals surface area contributed by atoms with Crippen molar-refractivity contribution in [2.45, 2.75) is 90.1 Å². The highest BCUT2D eigenvalue weighted by Gasteiger charge is 2.50. The highest BCUT2D eigenvalue weighted by atomic mass is 35.5. The lowest BCUT2D eigenvalue weighted by Gasteiger charge is -2.32. The maximum Gasteiger partial charge on any atom is 0.323 e. The molecule has 24 heteroatoms. The standard InChI is InChI=1S/C20H22ClN3O2.C19H21N3O3.C19H21N3O2.C18H20ClN3O3/c1-23-10-7-15(8-11-23)19(25)24-12-9-17-18(22-26-20(17)24)6-5-14-3-2-4-16(21)13-14;1-14-3-2-4-15(13-14)5-6-17-16-7-8-22(18(16)25-20-17)19(23)21-9-11-24-12-10-21;1-14-5-4-6-15(13-14)7-8-17-16-9-12-22(18(16)24-20-17)19(23)21-10-2-3-11-21;1-21(10-11-24-2)18(23)22-9-8-15-16(20-25-17(15)22)7-6-13-4-3-5-14(19)12-13/h2-4,13,15,17,20H,7-12H2,1H3;2-4,13,16,18H,7-12H2,1H3;4-6,13,16,18H,2-3,9-12H2,1H3;3-5,12,15,17H,8-11H2,1-2H3. The lowest BCUT2D eigenvalue weighted by molar-refractivity contribution is -0.147. The Bertz CT molecular complexity index is 4060. The molecule has 11 heterocycles. The molecule has 0 aliphatic carbocycles. The molecule has 7 fully saturated rings. The van der Waals surface area contributed by atoms with Gasteiger partial charge in [-0.2, -0.15) is 0 Å². The molecule has 0 aromatic heterocycles. The summed E-state index contributed by atoms with van der Waals surface area (Å²) in [6.07, 6.45) is 6.12. The molecule has 0 bridgehead atoms. The predicted molar refractivity (Wildman–Crippen MR) is 380 cm³/mol. The molecular formula is C76H84Cl2N12O10. The van der Waals surface area contributed by atoms with Crippen LogP contribution in [0.2, 0.25) is 10.0 Å². The number of aryl methyl sites for hydroxylation is 2. The van der Waals surface area contributed by atoms with Crippen molar-refractivity contribution in [2.24, 2.45) is 50.2 Å². The fourth-order valence-corrected chi connectivity index (χ4v) is 14.3. The Balaban J connectivity index is 0.000000126. The van der Waals surface area contributed by atoms with Crippen LogP contribution in [0.15, 0.2) is 118 Å². The van der Waals surface area contributed by atoms with Crippen molar-refractivity contribution < 1.29 is 48.0 Å². The number of rotatable bonds is 4. The van der Waals surface area contributed by atoms with Crippen LogP contribution >= 0.6 is 23.2 Å². The lowest BCUT2D eigenvalue weighted by atomic mass is 9.95. The number of likely N-dealkylation sites (N-methyl/N-ethyl adjacent to an activating group) is 1. The van der Waals surface area contributed by atoms with E-state index in [0.29, 0.717) is 68.3 Å². The molecular weight excluding hydrogens is 1310 g/mol. The first-order valence-corrected chi connectivity index (χ1v) is 35.3. The summed E-state index contributed by atoms with van der Waals surface area (Å²) >= 11 is 12.0. The van der Waals surface area contributed by atoms with Gasteiger partial charge in [-0.1, -0.05) is 104 Å². The minimum Gasteiger partial charge on any atom is -0.383 e. The van der Waals surface area contributed by atoms with Gasteiger partial charge in [0.2, 0.25) is 30.8 Å². The van der Waals surface area contributed by atoms with Gasteiger partial charge in [-0.3, -0.25) is 19.5 Å². The highest BCUT2D eigenvalue weighted by Crippen LogP contribution is 2.37. The minimum absolute atomic E-state index is 0.0129. The molecule has 100 heavy (non-hydrogen) atoms. The maximum absolute atomic E-state index is 12.9. The van der Waals surface area contributed by atoms with Crippen LogP contribution in [0.4, 0.5) is 14.4 Å². The number of halogens is 2. The molecule has 11 aliphatic rings. The first kappa shape index (κ1) is 70.6. The molecule has 8 unspecified atom stereocenters. The number of piperidine rings is 1. The monoisotopic (exact) mass is 1390 g/mol. The van der Waals surface area contributed by atoms with E-state index in [1.54, 1.807) is 41.0 Å². The molecule has 0 spiro atoms. The Morgan fingerprint density at radius 2 is 0.870 bits per heavy atom. The number of methoxy groups -OCH3 is 1. The lowest BCUT2D eigenvalue weighted by Crippen LogP contribution is -2.50. The Hall–Kier alpha value is -9.26. The van der Waals surface area contributed by atoms with Gasteiger partial charge in [0, 0.05) is 111 Å². The summed E-state index contributed by atoms with van der Waals surface area (Å²) in [5.74, 6) is 25.5. The molecule has 0 radical (unpaired) electrons. The van der Waals surface area contributed by atoms with E-state index in [0.717, 1.165) is 130 Å². The van der Waals surface area contributed by atoms with Gasteiger partial charge in [0.05, 0.1) is 43.5 Å². The average Bonchev–Trinajstić information content (AvgIpc) is 1.67. The SMILES string of the molecule is CN1CCC(C(=O)N2CCC3C(C#Cc4cccc(Cl)c4)=NOC32)CC1.COCCN(C)C(=O)N1CCC2C(C#Cc3cccc(Cl)c3)=NOC21.Cc1cccc(C#CC2=NOC3C2CCN3C(=O)N2CCCC2)c1.Cc1cccc(C#CC2=NOC3C2CCN3C(=O)N2CCOCC2)c1. The third-order valence-corrected chi connectivity index (χ3v) is 20.0. The summed E-state index contributed by atoms with van der Waals surface area (Å²) in [6.45, 7) is 14.0. The van der Waals surface area contributed by atoms with Gasteiger partial charge in [0.25, 0.3) is 0 Å². The Morgan fingerprint density at radius 3 is 1.29 bits per heavy atom. The Kier molecular flexibility index (Phi) is 23.5. The maximum atomic E-state index is 12.9. The van der Waals surface area contributed by atoms with Crippen LogP contribution in [0.3, 0.4) is 0 Å². The number of carbonyl (C=O) groups is 4. The second kappa shape index (κ2) is 33.3. The van der Waals surface area contributed by atoms with E-state index in [2.05, 4.69) is 99.0 Å². The van der Waals surface area contributed by atoms with Crippen LogP contribution in [0, 0.1) is 90.8 Å². The Labute approximate surface area is 595 Å². The zero-order valence-electron chi connectivity index (χ0n) is 57.2. The van der Waals surface area contributed by atoms with Crippen LogP contribution in [0.25, 0.3) is 0 Å². The molecule has 4 aromatic carbocycles. The van der Waals surface area contributed by atoms with Gasteiger partial charge in [0.1, 0.15) is 22.8 Å². The van der Waals surface area contributed by atoms with Crippen molar-refractivity contribution >= 4 is 70.0 Å². The second-order valence-electron chi connectivity index (χ2n) is 26.5. The number of oxime groups is 4. The highest BCUT2D eigenvalue weighted by molar-refractivity contribution is 6.31. The zero-order chi connectivity index (χ0) is 69.7. The average molecular weight is 1400 g/mol. The van der Waals surface area contributed by atoms with E-state index in [4.69, 9.17) is 52.0 Å². The van der Waals surface area contributed by atoms with Crippen molar-refractivity contribution in [3.8, 4) is 47.4 Å². The van der Waals surface area contributed by atoms with Gasteiger partial charge in [-0.25, -0.2) is 14.4 Å². The van der Waals surface area contributed by atoms with Gasteiger partial charge in [0.15, 0.2) is 0 Å². The van der Waals surface area contributed by atoms with E-state index >= 15 is 0 Å². The topological polar surface area (TPSA) is 199 Å². The number of carbonyl (C=O) groups excluding carboxylic acids is 4. The number of ether oxygens (including phenoxy) is 2. The number of nitrogens with zero attached hydrogens (tertiary/aromatic N) is 12. The van der Waals surface area contributed by atoms with Crippen molar-refractivity contribution in [2.75, 3.05) is 113 Å². The minimum atomic E-state index is -0.374. The van der Waals surface area contributed by atoms with Crippen LogP contribution < -0.4 is 0 Å². The fourth-order valence-electron chi connectivity index (χ4n) is 13.9. The van der Waals surface area contributed by atoms with Gasteiger partial charge in [-0.15, -0.1) is 0 Å².